The second kappa shape index (κ2) is 6.37. The molecule has 1 aliphatic carbocycles. The maximum Gasteiger partial charge on any atom is 0.225 e. The summed E-state index contributed by atoms with van der Waals surface area (Å²) in [5.41, 5.74) is 5.46. The van der Waals surface area contributed by atoms with Gasteiger partial charge in [-0.2, -0.15) is 0 Å². The van der Waals surface area contributed by atoms with Crippen molar-refractivity contribution in [3.63, 3.8) is 0 Å². The lowest BCUT2D eigenvalue weighted by atomic mass is 10.0. The second-order valence-electron chi connectivity index (χ2n) is 5.86. The topological polar surface area (TPSA) is 75.4 Å². The lowest BCUT2D eigenvalue weighted by molar-refractivity contribution is -0.133. The van der Waals surface area contributed by atoms with Crippen molar-refractivity contribution in [3.8, 4) is 0 Å². The van der Waals surface area contributed by atoms with Crippen LogP contribution in [0, 0.1) is 11.8 Å². The highest BCUT2D eigenvalue weighted by Gasteiger charge is 2.35. The minimum Gasteiger partial charge on any atom is -0.353 e. The Morgan fingerprint density at radius 2 is 1.89 bits per heavy atom. The van der Waals surface area contributed by atoms with Crippen LogP contribution in [-0.2, 0) is 9.59 Å². The summed E-state index contributed by atoms with van der Waals surface area (Å²) in [5, 5.41) is 3.08. The van der Waals surface area contributed by atoms with E-state index in [1.54, 1.807) is 0 Å². The van der Waals surface area contributed by atoms with Crippen LogP contribution >= 0.6 is 0 Å². The van der Waals surface area contributed by atoms with Crippen LogP contribution in [0.15, 0.2) is 0 Å². The number of amides is 2. The molecule has 0 spiro atoms. The zero-order valence-corrected chi connectivity index (χ0v) is 11.7. The molecule has 1 saturated carbocycles. The van der Waals surface area contributed by atoms with Gasteiger partial charge in [0.1, 0.15) is 0 Å². The van der Waals surface area contributed by atoms with Gasteiger partial charge in [0.2, 0.25) is 11.8 Å². The molecule has 2 fully saturated rings. The van der Waals surface area contributed by atoms with Gasteiger partial charge in [-0.25, -0.2) is 0 Å². The monoisotopic (exact) mass is 267 g/mol. The van der Waals surface area contributed by atoms with Crippen LogP contribution in [-0.4, -0.2) is 42.4 Å². The van der Waals surface area contributed by atoms with E-state index in [-0.39, 0.29) is 17.9 Å². The fourth-order valence-electron chi connectivity index (χ4n) is 2.56. The average molecular weight is 267 g/mol. The lowest BCUT2D eigenvalue weighted by Gasteiger charge is -2.33. The number of piperidine rings is 1. The zero-order chi connectivity index (χ0) is 13.8. The molecule has 1 saturated heterocycles. The smallest absolute Gasteiger partial charge is 0.225 e. The predicted molar refractivity (Wildman–Crippen MR) is 73.3 cm³/mol. The van der Waals surface area contributed by atoms with Gasteiger partial charge in [-0.05, 0) is 38.6 Å². The molecule has 1 aliphatic heterocycles. The van der Waals surface area contributed by atoms with Gasteiger partial charge in [-0.1, -0.05) is 6.92 Å². The highest BCUT2D eigenvalue weighted by atomic mass is 16.2. The lowest BCUT2D eigenvalue weighted by Crippen LogP contribution is -2.48. The van der Waals surface area contributed by atoms with Gasteiger partial charge in [0.05, 0.1) is 0 Å². The predicted octanol–water partition coefficient (Wildman–Crippen LogP) is 0.489. The second-order valence-corrected chi connectivity index (χ2v) is 5.86. The highest BCUT2D eigenvalue weighted by Crippen LogP contribution is 2.31. The van der Waals surface area contributed by atoms with E-state index in [1.165, 1.54) is 0 Å². The first kappa shape index (κ1) is 14.3. The molecular weight excluding hydrogens is 242 g/mol. The number of likely N-dealkylation sites (tertiary alicyclic amines) is 1. The molecule has 1 atom stereocenters. The summed E-state index contributed by atoms with van der Waals surface area (Å²) in [6, 6.07) is 0.218. The Labute approximate surface area is 114 Å². The Morgan fingerprint density at radius 1 is 1.26 bits per heavy atom. The molecule has 2 amide bonds. The Hall–Kier alpha value is -1.10. The Morgan fingerprint density at radius 3 is 2.42 bits per heavy atom. The molecule has 0 aromatic carbocycles. The van der Waals surface area contributed by atoms with Crippen LogP contribution in [0.25, 0.3) is 0 Å². The van der Waals surface area contributed by atoms with Crippen molar-refractivity contribution in [1.29, 1.82) is 0 Å². The number of rotatable bonds is 5. The number of carbonyl (C=O) groups excluding carboxylic acids is 2. The molecule has 2 rings (SSSR count). The Kier molecular flexibility index (Phi) is 4.80. The SMILES string of the molecule is CC(CCN)C(=O)NC1CCN(C(=O)C2CC2)CC1. The fraction of sp³-hybridized carbons (Fsp3) is 0.857. The van der Waals surface area contributed by atoms with Crippen molar-refractivity contribution in [1.82, 2.24) is 10.2 Å². The number of hydrogen-bond donors (Lipinski definition) is 2. The van der Waals surface area contributed by atoms with E-state index in [9.17, 15) is 9.59 Å². The summed E-state index contributed by atoms with van der Waals surface area (Å²) in [4.78, 5) is 25.8. The van der Waals surface area contributed by atoms with E-state index < -0.39 is 0 Å². The van der Waals surface area contributed by atoms with Crippen LogP contribution in [0.4, 0.5) is 0 Å². The Balaban J connectivity index is 1.70. The van der Waals surface area contributed by atoms with E-state index in [0.29, 0.717) is 18.4 Å². The number of nitrogens with two attached hydrogens (primary N) is 1. The van der Waals surface area contributed by atoms with E-state index >= 15 is 0 Å². The Bertz CT molecular complexity index is 334. The van der Waals surface area contributed by atoms with Crippen LogP contribution in [0.3, 0.4) is 0 Å². The highest BCUT2D eigenvalue weighted by molar-refractivity contribution is 5.81. The maximum absolute atomic E-state index is 11.9. The van der Waals surface area contributed by atoms with Gasteiger partial charge >= 0.3 is 0 Å². The minimum atomic E-state index is -0.0175. The third-order valence-corrected chi connectivity index (χ3v) is 4.13. The molecule has 5 heteroatoms. The van der Waals surface area contributed by atoms with Crippen LogP contribution in [0.5, 0.6) is 0 Å². The van der Waals surface area contributed by atoms with E-state index in [2.05, 4.69) is 5.32 Å². The first-order valence-corrected chi connectivity index (χ1v) is 7.41. The number of nitrogens with zero attached hydrogens (tertiary/aromatic N) is 1. The molecule has 2 aliphatic rings. The standard InChI is InChI=1S/C14H25N3O2/c1-10(4-7-15)13(18)16-12-5-8-17(9-6-12)14(19)11-2-3-11/h10-12H,2-9,15H2,1H3,(H,16,18). The third kappa shape index (κ3) is 3.93. The van der Waals surface area contributed by atoms with Crippen molar-refractivity contribution >= 4 is 11.8 Å². The van der Waals surface area contributed by atoms with Crippen LogP contribution in [0.1, 0.15) is 39.0 Å². The van der Waals surface area contributed by atoms with Gasteiger partial charge in [0.15, 0.2) is 0 Å². The van der Waals surface area contributed by atoms with E-state index in [0.717, 1.165) is 45.2 Å². The summed E-state index contributed by atoms with van der Waals surface area (Å²) >= 11 is 0. The maximum atomic E-state index is 11.9. The summed E-state index contributed by atoms with van der Waals surface area (Å²) in [5.74, 6) is 0.700. The molecule has 19 heavy (non-hydrogen) atoms. The summed E-state index contributed by atoms with van der Waals surface area (Å²) < 4.78 is 0. The molecule has 1 unspecified atom stereocenters. The van der Waals surface area contributed by atoms with Gasteiger partial charge in [-0.3, -0.25) is 9.59 Å². The number of carbonyl (C=O) groups is 2. The number of nitrogens with one attached hydrogen (secondary N) is 1. The van der Waals surface area contributed by atoms with Crippen molar-refractivity contribution in [3.05, 3.63) is 0 Å². The molecule has 0 aromatic heterocycles. The van der Waals surface area contributed by atoms with Crippen molar-refractivity contribution in [2.24, 2.45) is 17.6 Å². The van der Waals surface area contributed by atoms with E-state index in [4.69, 9.17) is 5.73 Å². The molecule has 108 valence electrons. The fourth-order valence-corrected chi connectivity index (χ4v) is 2.56. The van der Waals surface area contributed by atoms with Gasteiger partial charge in [0, 0.05) is 31.0 Å². The van der Waals surface area contributed by atoms with Gasteiger partial charge in [-0.15, -0.1) is 0 Å². The molecule has 0 radical (unpaired) electrons. The van der Waals surface area contributed by atoms with E-state index in [1.807, 2.05) is 11.8 Å². The largest absolute Gasteiger partial charge is 0.353 e. The summed E-state index contributed by atoms with van der Waals surface area (Å²) in [7, 11) is 0. The zero-order valence-electron chi connectivity index (χ0n) is 11.7. The van der Waals surface area contributed by atoms with Crippen molar-refractivity contribution in [2.45, 2.75) is 45.1 Å². The van der Waals surface area contributed by atoms with Gasteiger partial charge in [0.25, 0.3) is 0 Å². The van der Waals surface area contributed by atoms with Crippen molar-refractivity contribution < 1.29 is 9.59 Å². The van der Waals surface area contributed by atoms with Crippen LogP contribution < -0.4 is 11.1 Å². The van der Waals surface area contributed by atoms with Gasteiger partial charge < -0.3 is 16.0 Å². The molecular formula is C14H25N3O2. The minimum absolute atomic E-state index is 0.0175. The molecule has 0 bridgehead atoms. The quantitative estimate of drug-likeness (QED) is 0.761. The summed E-state index contributed by atoms with van der Waals surface area (Å²) in [6.45, 7) is 4.02. The molecule has 1 heterocycles. The first-order valence-electron chi connectivity index (χ1n) is 7.41. The average Bonchev–Trinajstić information content (AvgIpc) is 3.23. The van der Waals surface area contributed by atoms with Crippen molar-refractivity contribution in [2.75, 3.05) is 19.6 Å². The normalized spacial score (nSPS) is 22.1. The molecule has 0 aromatic rings. The third-order valence-electron chi connectivity index (χ3n) is 4.13. The first-order chi connectivity index (χ1) is 9.11. The molecule has 5 nitrogen and oxygen atoms in total. The summed E-state index contributed by atoms with van der Waals surface area (Å²) in [6.07, 6.45) is 4.60. The number of hydrogen-bond acceptors (Lipinski definition) is 3. The molecule has 3 N–H and O–H groups in total. The van der Waals surface area contributed by atoms with Crippen LogP contribution in [0.2, 0.25) is 0 Å².